The molecule has 1 rings (SSSR count). The van der Waals surface area contributed by atoms with Crippen LogP contribution in [0.5, 0.6) is 0 Å². The summed E-state index contributed by atoms with van der Waals surface area (Å²) in [5, 5.41) is 11.2. The Balaban J connectivity index is 2.58. The van der Waals surface area contributed by atoms with Crippen molar-refractivity contribution < 1.29 is 14.5 Å². The second kappa shape index (κ2) is 5.50. The molecule has 4 nitrogen and oxygen atoms in total. The predicted octanol–water partition coefficient (Wildman–Crippen LogP) is 0.953. The van der Waals surface area contributed by atoms with E-state index in [0.29, 0.717) is 6.73 Å². The lowest BCUT2D eigenvalue weighted by atomic mass is 10.3. The molecule has 0 unspecified atom stereocenters. The van der Waals surface area contributed by atoms with E-state index in [4.69, 9.17) is 21.5 Å². The van der Waals surface area contributed by atoms with Crippen LogP contribution in [0, 0.1) is 0 Å². The van der Waals surface area contributed by atoms with Gasteiger partial charge in [0.05, 0.1) is 6.21 Å². The van der Waals surface area contributed by atoms with Crippen LogP contribution in [-0.4, -0.2) is 17.5 Å². The fraction of sp³-hybridized carbons (Fsp3) is 0.250. The first-order chi connectivity index (χ1) is 6.36. The monoisotopic (exact) mass is 201 g/mol. The maximum atomic E-state index is 8.25. The van der Waals surface area contributed by atoms with Crippen molar-refractivity contribution >= 4 is 17.8 Å². The van der Waals surface area contributed by atoms with Gasteiger partial charge in [0, 0.05) is 17.7 Å². The van der Waals surface area contributed by atoms with E-state index in [-0.39, 0.29) is 6.07 Å². The van der Waals surface area contributed by atoms with Crippen LogP contribution in [0.15, 0.2) is 29.7 Å². The van der Waals surface area contributed by atoms with Crippen LogP contribution in [0.4, 0.5) is 0 Å². The number of ether oxygens (including phenoxy) is 1. The second-order valence-corrected chi connectivity index (χ2v) is 2.55. The lowest BCUT2D eigenvalue weighted by Crippen LogP contribution is -2.33. The average molecular weight is 202 g/mol. The normalized spacial score (nSPS) is 10.8. The number of hydrogen-bond donors (Lipinski definition) is 1. The van der Waals surface area contributed by atoms with Gasteiger partial charge in [-0.05, 0) is 0 Å². The summed E-state index contributed by atoms with van der Waals surface area (Å²) in [5.74, 6) is 0. The molecule has 0 saturated carbocycles. The average Bonchev–Trinajstić information content (AvgIpc) is 2.17. The molecular weight excluding hydrogens is 192 g/mol. The first-order valence-electron chi connectivity index (χ1n) is 3.67. The summed E-state index contributed by atoms with van der Waals surface area (Å²) >= 11 is 5.34. The SMILES string of the molecule is ON=Cc1cc[n+](COCCl)cc1. The predicted molar refractivity (Wildman–Crippen MR) is 47.8 cm³/mol. The second-order valence-electron chi connectivity index (χ2n) is 2.33. The maximum Gasteiger partial charge on any atom is 0.253 e. The van der Waals surface area contributed by atoms with Gasteiger partial charge in [-0.2, -0.15) is 4.57 Å². The van der Waals surface area contributed by atoms with Crippen molar-refractivity contribution in [3.8, 4) is 0 Å². The molecule has 0 bridgehead atoms. The molecule has 0 spiro atoms. The molecule has 1 aromatic rings. The van der Waals surface area contributed by atoms with Crippen LogP contribution < -0.4 is 4.57 Å². The zero-order valence-corrected chi connectivity index (χ0v) is 7.68. The highest BCUT2D eigenvalue weighted by atomic mass is 35.5. The van der Waals surface area contributed by atoms with Crippen molar-refractivity contribution in [2.75, 3.05) is 6.07 Å². The number of rotatable bonds is 4. The van der Waals surface area contributed by atoms with Gasteiger partial charge < -0.3 is 9.94 Å². The Morgan fingerprint density at radius 3 is 2.77 bits per heavy atom. The molecule has 0 aliphatic rings. The smallest absolute Gasteiger partial charge is 0.253 e. The maximum absolute atomic E-state index is 8.25. The number of hydrogen-bond acceptors (Lipinski definition) is 3. The molecule has 5 heteroatoms. The van der Waals surface area contributed by atoms with E-state index in [1.165, 1.54) is 6.21 Å². The highest BCUT2D eigenvalue weighted by Crippen LogP contribution is 1.90. The molecule has 13 heavy (non-hydrogen) atoms. The molecule has 1 heterocycles. The zero-order valence-electron chi connectivity index (χ0n) is 6.93. The summed E-state index contributed by atoms with van der Waals surface area (Å²) in [6.07, 6.45) is 4.97. The molecule has 1 N–H and O–H groups in total. The first-order valence-corrected chi connectivity index (χ1v) is 4.20. The minimum atomic E-state index is 0.173. The summed E-state index contributed by atoms with van der Waals surface area (Å²) in [4.78, 5) is 0. The lowest BCUT2D eigenvalue weighted by molar-refractivity contribution is -0.731. The van der Waals surface area contributed by atoms with Gasteiger partial charge in [-0.15, -0.1) is 0 Å². The first kappa shape index (κ1) is 9.95. The molecule has 0 fully saturated rings. The van der Waals surface area contributed by atoms with Crippen molar-refractivity contribution in [1.82, 2.24) is 0 Å². The van der Waals surface area contributed by atoms with Gasteiger partial charge in [-0.3, -0.25) is 0 Å². The van der Waals surface area contributed by atoms with Crippen molar-refractivity contribution in [3.63, 3.8) is 0 Å². The standard InChI is InChI=1S/C8H9ClN2O2/c9-6-13-7-11-3-1-8(2-4-11)5-10-12/h1-5H,6-7H2/p+1. The Kier molecular flexibility index (Phi) is 4.21. The van der Waals surface area contributed by atoms with Crippen LogP contribution in [0.25, 0.3) is 0 Å². The summed E-state index contributed by atoms with van der Waals surface area (Å²) in [7, 11) is 0. The molecule has 0 amide bonds. The van der Waals surface area contributed by atoms with E-state index < -0.39 is 0 Å². The van der Waals surface area contributed by atoms with Gasteiger partial charge in [0.2, 0.25) is 0 Å². The molecule has 1 aromatic heterocycles. The fourth-order valence-electron chi connectivity index (χ4n) is 0.848. The van der Waals surface area contributed by atoms with E-state index in [2.05, 4.69) is 5.16 Å². The summed E-state index contributed by atoms with van der Waals surface area (Å²) in [5.41, 5.74) is 0.824. The van der Waals surface area contributed by atoms with Crippen molar-refractivity contribution in [2.45, 2.75) is 6.73 Å². The summed E-state index contributed by atoms with van der Waals surface area (Å²) in [6, 6.07) is 3.78. The summed E-state index contributed by atoms with van der Waals surface area (Å²) in [6.45, 7) is 0.417. The van der Waals surface area contributed by atoms with E-state index in [0.717, 1.165) is 5.56 Å². The van der Waals surface area contributed by atoms with Crippen molar-refractivity contribution in [3.05, 3.63) is 30.1 Å². The van der Waals surface area contributed by atoms with Crippen LogP contribution in [-0.2, 0) is 11.5 Å². The van der Waals surface area contributed by atoms with E-state index in [1.807, 2.05) is 17.0 Å². The van der Waals surface area contributed by atoms with Gasteiger partial charge >= 0.3 is 0 Å². The number of oxime groups is 1. The fourth-order valence-corrected chi connectivity index (χ4v) is 0.917. The molecule has 0 atom stereocenters. The third kappa shape index (κ3) is 3.40. The van der Waals surface area contributed by atoms with Gasteiger partial charge in [0.15, 0.2) is 12.4 Å². The minimum absolute atomic E-state index is 0.173. The third-order valence-corrected chi connectivity index (χ3v) is 1.60. The number of nitrogens with zero attached hydrogens (tertiary/aromatic N) is 2. The van der Waals surface area contributed by atoms with Crippen LogP contribution in [0.1, 0.15) is 5.56 Å². The number of pyridine rings is 1. The Labute approximate surface area is 81.0 Å². The quantitative estimate of drug-likeness (QED) is 0.259. The molecule has 0 radical (unpaired) electrons. The van der Waals surface area contributed by atoms with Crippen LogP contribution >= 0.6 is 11.6 Å². The molecule has 0 saturated heterocycles. The Morgan fingerprint density at radius 1 is 1.54 bits per heavy atom. The Hall–Kier alpha value is -1.13. The summed E-state index contributed by atoms with van der Waals surface area (Å²) < 4.78 is 6.78. The highest BCUT2D eigenvalue weighted by Gasteiger charge is 1.98. The minimum Gasteiger partial charge on any atom is -0.411 e. The topological polar surface area (TPSA) is 45.7 Å². The number of alkyl halides is 1. The van der Waals surface area contributed by atoms with Crippen molar-refractivity contribution in [1.29, 1.82) is 0 Å². The van der Waals surface area contributed by atoms with Crippen LogP contribution in [0.2, 0.25) is 0 Å². The van der Waals surface area contributed by atoms with Gasteiger partial charge in [-0.25, -0.2) is 0 Å². The van der Waals surface area contributed by atoms with Gasteiger partial charge in [0.1, 0.15) is 6.07 Å². The zero-order chi connectivity index (χ0) is 9.52. The molecule has 70 valence electrons. The molecule has 0 aliphatic carbocycles. The Morgan fingerprint density at radius 2 is 2.23 bits per heavy atom. The van der Waals surface area contributed by atoms with E-state index in [1.54, 1.807) is 12.1 Å². The van der Waals surface area contributed by atoms with Gasteiger partial charge in [0.25, 0.3) is 6.73 Å². The lowest BCUT2D eigenvalue weighted by Gasteiger charge is -1.95. The van der Waals surface area contributed by atoms with E-state index >= 15 is 0 Å². The molecule has 0 aliphatic heterocycles. The number of aromatic nitrogens is 1. The van der Waals surface area contributed by atoms with Crippen LogP contribution in [0.3, 0.4) is 0 Å². The largest absolute Gasteiger partial charge is 0.411 e. The third-order valence-electron chi connectivity index (χ3n) is 1.44. The highest BCUT2D eigenvalue weighted by molar-refractivity contribution is 6.17. The van der Waals surface area contributed by atoms with E-state index in [9.17, 15) is 0 Å². The van der Waals surface area contributed by atoms with Crippen molar-refractivity contribution in [2.24, 2.45) is 5.16 Å². The molecular formula is C8H10ClN2O2+. The Bertz CT molecular complexity index is 274. The number of halogens is 1. The molecule has 0 aromatic carbocycles. The van der Waals surface area contributed by atoms with Gasteiger partial charge in [-0.1, -0.05) is 16.8 Å².